The summed E-state index contributed by atoms with van der Waals surface area (Å²) in [4.78, 5) is 19.7. The van der Waals surface area contributed by atoms with E-state index in [9.17, 15) is 17.6 Å². The van der Waals surface area contributed by atoms with Gasteiger partial charge in [0.05, 0.1) is 23.7 Å². The minimum atomic E-state index is -3.45. The molecular formula is C20H19FN6O4S. The average Bonchev–Trinajstić information content (AvgIpc) is 2.99. The molecule has 0 unspecified atom stereocenters. The van der Waals surface area contributed by atoms with E-state index in [4.69, 9.17) is 4.42 Å². The van der Waals surface area contributed by atoms with Crippen LogP contribution in [0.1, 0.15) is 5.56 Å². The van der Waals surface area contributed by atoms with Gasteiger partial charge in [-0.2, -0.15) is 4.98 Å². The minimum absolute atomic E-state index is 0.0929. The summed E-state index contributed by atoms with van der Waals surface area (Å²) in [7, 11) is -1.86. The van der Waals surface area contributed by atoms with E-state index in [-0.39, 0.29) is 11.8 Å². The molecule has 32 heavy (non-hydrogen) atoms. The number of aromatic nitrogens is 3. The second kappa shape index (κ2) is 7.96. The topological polar surface area (TPSA) is 131 Å². The fourth-order valence-electron chi connectivity index (χ4n) is 3.00. The van der Waals surface area contributed by atoms with Gasteiger partial charge in [-0.1, -0.05) is 6.07 Å². The van der Waals surface area contributed by atoms with Gasteiger partial charge in [0.15, 0.2) is 17.2 Å². The van der Waals surface area contributed by atoms with Crippen LogP contribution < -0.4 is 21.1 Å². The van der Waals surface area contributed by atoms with E-state index in [2.05, 4.69) is 25.3 Å². The Morgan fingerprint density at radius 3 is 2.56 bits per heavy atom. The highest BCUT2D eigenvalue weighted by Crippen LogP contribution is 2.25. The Morgan fingerprint density at radius 2 is 1.81 bits per heavy atom. The number of anilines is 5. The van der Waals surface area contributed by atoms with Gasteiger partial charge in [-0.15, -0.1) is 0 Å². The van der Waals surface area contributed by atoms with Crippen molar-refractivity contribution in [2.75, 3.05) is 21.6 Å². The Balaban J connectivity index is 1.59. The first-order valence-corrected chi connectivity index (χ1v) is 11.2. The Kier molecular flexibility index (Phi) is 5.30. The van der Waals surface area contributed by atoms with E-state index < -0.39 is 21.6 Å². The zero-order valence-electron chi connectivity index (χ0n) is 17.3. The van der Waals surface area contributed by atoms with Crippen molar-refractivity contribution in [1.29, 1.82) is 0 Å². The summed E-state index contributed by atoms with van der Waals surface area (Å²) >= 11 is 0. The van der Waals surface area contributed by atoms with E-state index in [1.807, 2.05) is 0 Å². The molecule has 0 amide bonds. The number of aryl methyl sites for hydroxylation is 2. The number of nitrogens with zero attached hydrogens (tertiary/aromatic N) is 3. The zero-order valence-corrected chi connectivity index (χ0v) is 18.1. The molecule has 166 valence electrons. The molecule has 2 aromatic carbocycles. The van der Waals surface area contributed by atoms with E-state index in [0.717, 1.165) is 18.0 Å². The van der Waals surface area contributed by atoms with E-state index in [1.165, 1.54) is 4.57 Å². The van der Waals surface area contributed by atoms with Gasteiger partial charge >= 0.3 is 5.76 Å². The molecule has 10 nitrogen and oxygen atoms in total. The normalized spacial score (nSPS) is 11.5. The average molecular weight is 458 g/mol. The first-order valence-electron chi connectivity index (χ1n) is 9.34. The van der Waals surface area contributed by atoms with Crippen LogP contribution in [0.2, 0.25) is 0 Å². The molecule has 0 saturated carbocycles. The smallest absolute Gasteiger partial charge is 0.408 e. The summed E-state index contributed by atoms with van der Waals surface area (Å²) < 4.78 is 46.3. The van der Waals surface area contributed by atoms with Crippen LogP contribution >= 0.6 is 0 Å². The molecule has 2 heterocycles. The Hall–Kier alpha value is -3.93. The van der Waals surface area contributed by atoms with Crippen LogP contribution in [-0.2, 0) is 17.1 Å². The molecule has 12 heteroatoms. The standard InChI is InChI=1S/C20H19FN6O4S/c1-11-4-5-12(8-15(11)26-32(3,29)30)24-19-22-10-14(21)18(25-19)23-13-6-7-16-17(9-13)31-20(28)27(16)2/h4-10,26H,1-3H3,(H2,22,23,24,25). The van der Waals surface area contributed by atoms with Gasteiger partial charge in [0.2, 0.25) is 16.0 Å². The first-order chi connectivity index (χ1) is 15.1. The van der Waals surface area contributed by atoms with Crippen LogP contribution in [0.25, 0.3) is 11.1 Å². The van der Waals surface area contributed by atoms with Gasteiger partial charge in [0.1, 0.15) is 0 Å². The third-order valence-corrected chi connectivity index (χ3v) is 5.18. The number of oxazole rings is 1. The maximum atomic E-state index is 14.3. The number of hydrogen-bond acceptors (Lipinski definition) is 8. The quantitative estimate of drug-likeness (QED) is 0.401. The van der Waals surface area contributed by atoms with E-state index in [1.54, 1.807) is 50.4 Å². The summed E-state index contributed by atoms with van der Waals surface area (Å²) in [6.45, 7) is 1.76. The van der Waals surface area contributed by atoms with Crippen LogP contribution in [0.5, 0.6) is 0 Å². The summed E-state index contributed by atoms with van der Waals surface area (Å²) in [6, 6.07) is 9.92. The summed E-state index contributed by atoms with van der Waals surface area (Å²) in [5.74, 6) is -1.19. The lowest BCUT2D eigenvalue weighted by atomic mass is 10.2. The van der Waals surface area contributed by atoms with Crippen molar-refractivity contribution in [1.82, 2.24) is 14.5 Å². The highest BCUT2D eigenvalue weighted by molar-refractivity contribution is 7.92. The zero-order chi connectivity index (χ0) is 23.0. The van der Waals surface area contributed by atoms with Gasteiger partial charge in [0, 0.05) is 24.5 Å². The minimum Gasteiger partial charge on any atom is -0.408 e. The highest BCUT2D eigenvalue weighted by Gasteiger charge is 2.12. The third-order valence-electron chi connectivity index (χ3n) is 4.59. The fourth-order valence-corrected chi connectivity index (χ4v) is 3.62. The second-order valence-electron chi connectivity index (χ2n) is 7.15. The Morgan fingerprint density at radius 1 is 1.09 bits per heavy atom. The van der Waals surface area contributed by atoms with Crippen molar-refractivity contribution in [2.45, 2.75) is 6.92 Å². The van der Waals surface area contributed by atoms with Gasteiger partial charge in [-0.3, -0.25) is 9.29 Å². The molecule has 2 aromatic heterocycles. The lowest BCUT2D eigenvalue weighted by Crippen LogP contribution is -2.11. The molecule has 0 aliphatic heterocycles. The molecule has 0 aliphatic carbocycles. The van der Waals surface area contributed by atoms with Crippen LogP contribution in [0.15, 0.2) is 51.8 Å². The van der Waals surface area contributed by atoms with E-state index >= 15 is 0 Å². The van der Waals surface area contributed by atoms with Gasteiger partial charge in [0.25, 0.3) is 0 Å². The predicted molar refractivity (Wildman–Crippen MR) is 120 cm³/mol. The molecule has 0 spiro atoms. The summed E-state index contributed by atoms with van der Waals surface area (Å²) in [6.07, 6.45) is 2.06. The molecule has 4 aromatic rings. The number of nitrogens with one attached hydrogen (secondary N) is 3. The van der Waals surface area contributed by atoms with Crippen molar-refractivity contribution in [3.63, 3.8) is 0 Å². The third kappa shape index (κ3) is 4.54. The lowest BCUT2D eigenvalue weighted by molar-refractivity contribution is 0.528. The van der Waals surface area contributed by atoms with Crippen LogP contribution in [-0.4, -0.2) is 29.2 Å². The fraction of sp³-hybridized carbons (Fsp3) is 0.150. The molecule has 0 bridgehead atoms. The van der Waals surface area contributed by atoms with E-state index in [0.29, 0.717) is 28.2 Å². The second-order valence-corrected chi connectivity index (χ2v) is 8.90. The molecule has 0 saturated heterocycles. The monoisotopic (exact) mass is 458 g/mol. The van der Waals surface area contributed by atoms with Crippen molar-refractivity contribution in [2.24, 2.45) is 7.05 Å². The van der Waals surface area contributed by atoms with Gasteiger partial charge in [-0.05, 0) is 36.8 Å². The molecule has 0 radical (unpaired) electrons. The van der Waals surface area contributed by atoms with Crippen molar-refractivity contribution in [3.8, 4) is 0 Å². The van der Waals surface area contributed by atoms with Crippen molar-refractivity contribution < 1.29 is 17.2 Å². The van der Waals surface area contributed by atoms with Crippen molar-refractivity contribution in [3.05, 3.63) is 64.5 Å². The number of fused-ring (bicyclic) bond motifs is 1. The predicted octanol–water partition coefficient (Wildman–Crippen LogP) is 3.23. The number of hydrogen-bond donors (Lipinski definition) is 3. The number of halogens is 1. The largest absolute Gasteiger partial charge is 0.419 e. The maximum absolute atomic E-state index is 14.3. The SMILES string of the molecule is Cc1ccc(Nc2ncc(F)c(Nc3ccc4c(c3)oc(=O)n4C)n2)cc1NS(C)(=O)=O. The number of sulfonamides is 1. The lowest BCUT2D eigenvalue weighted by Gasteiger charge is -2.12. The number of rotatable bonds is 6. The summed E-state index contributed by atoms with van der Waals surface area (Å²) in [5.41, 5.74) is 3.05. The molecule has 0 aliphatic rings. The van der Waals surface area contributed by atoms with Crippen LogP contribution in [0.3, 0.4) is 0 Å². The highest BCUT2D eigenvalue weighted by atomic mass is 32.2. The van der Waals surface area contributed by atoms with Gasteiger partial charge in [-0.25, -0.2) is 22.6 Å². The number of benzene rings is 2. The molecule has 0 atom stereocenters. The molecule has 3 N–H and O–H groups in total. The van der Waals surface area contributed by atoms with Crippen LogP contribution in [0.4, 0.5) is 33.2 Å². The molecule has 4 rings (SSSR count). The summed E-state index contributed by atoms with van der Waals surface area (Å²) in [5, 5.41) is 5.77. The Labute approximate surface area is 182 Å². The Bertz CT molecular complexity index is 1500. The maximum Gasteiger partial charge on any atom is 0.419 e. The van der Waals surface area contributed by atoms with Crippen LogP contribution in [0, 0.1) is 12.7 Å². The molecular weight excluding hydrogens is 439 g/mol. The first kappa shape index (κ1) is 21.3. The van der Waals surface area contributed by atoms with Gasteiger partial charge < -0.3 is 15.1 Å². The van der Waals surface area contributed by atoms with Crippen molar-refractivity contribution >= 4 is 50.0 Å². The molecule has 0 fully saturated rings.